The molecule has 4 bridgehead atoms. The highest BCUT2D eigenvalue weighted by molar-refractivity contribution is 6.20. The summed E-state index contributed by atoms with van der Waals surface area (Å²) in [4.78, 5) is 24.5. The van der Waals surface area contributed by atoms with Gasteiger partial charge >= 0.3 is 0 Å². The summed E-state index contributed by atoms with van der Waals surface area (Å²) in [5.74, 6) is 0.875. The lowest BCUT2D eigenvalue weighted by Crippen LogP contribution is -2.22. The minimum absolute atomic E-state index is 0.0306. The van der Waals surface area contributed by atoms with Gasteiger partial charge in [0.05, 0.1) is 93.5 Å². The second-order valence-electron chi connectivity index (χ2n) is 7.98. The first-order valence-electron chi connectivity index (χ1n) is 11.8. The summed E-state index contributed by atoms with van der Waals surface area (Å²) in [6.45, 7) is 3.39. The van der Waals surface area contributed by atoms with Crippen LogP contribution in [0.15, 0.2) is 35.4 Å². The van der Waals surface area contributed by atoms with Crippen molar-refractivity contribution in [3.63, 3.8) is 0 Å². The Morgan fingerprint density at radius 1 is 0.583 bits per heavy atom. The Morgan fingerprint density at radius 3 is 1.42 bits per heavy atom. The topological polar surface area (TPSA) is 108 Å². The summed E-state index contributed by atoms with van der Waals surface area (Å²) in [6.07, 6.45) is 2.60. The molecule has 1 aliphatic carbocycles. The average molecular weight is 507 g/mol. The predicted octanol–water partition coefficient (Wildman–Crippen LogP) is 1.82. The van der Waals surface area contributed by atoms with Gasteiger partial charge in [-0.25, -0.2) is 0 Å². The zero-order valence-corrected chi connectivity index (χ0v) is 20.9. The van der Waals surface area contributed by atoms with E-state index < -0.39 is 0 Å². The SMILES string of the molecule is COc1cc2c(OC)c(c1)COCCOCCOCC1=CC(=O)C=C(COCCOCCOC2)C1=O. The molecule has 1 aromatic rings. The number of ketones is 2. The average Bonchev–Trinajstić information content (AvgIpc) is 2.88. The van der Waals surface area contributed by atoms with Crippen molar-refractivity contribution in [2.75, 3.05) is 80.3 Å². The van der Waals surface area contributed by atoms with Crippen molar-refractivity contribution in [3.05, 3.63) is 46.6 Å². The minimum atomic E-state index is -0.255. The number of methoxy groups -OCH3 is 2. The first-order valence-corrected chi connectivity index (χ1v) is 11.8. The van der Waals surface area contributed by atoms with Crippen molar-refractivity contribution in [1.82, 2.24) is 0 Å². The standard InChI is InChI=1S/C26H34O10/c1-29-24-13-21-17-35-9-5-31-3-7-33-15-19-11-23(27)12-20(25(19)28)16-34-8-4-32-6-10-36-18-22(14-24)26(21)30-2/h11-14H,3-10,15-18H2,1-2H3. The van der Waals surface area contributed by atoms with Crippen LogP contribution in [0.3, 0.4) is 0 Å². The Morgan fingerprint density at radius 2 is 1.00 bits per heavy atom. The molecule has 0 aromatic heterocycles. The zero-order chi connectivity index (χ0) is 25.6. The highest BCUT2D eigenvalue weighted by Gasteiger charge is 2.22. The van der Waals surface area contributed by atoms with Crippen LogP contribution in [0.5, 0.6) is 11.5 Å². The van der Waals surface area contributed by atoms with Crippen LogP contribution in [0, 0.1) is 0 Å². The molecule has 0 saturated heterocycles. The molecule has 0 radical (unpaired) electrons. The summed E-state index contributed by atoms with van der Waals surface area (Å²) < 4.78 is 44.7. The Kier molecular flexibility index (Phi) is 12.0. The molecular formula is C26H34O10. The number of hydrogen-bond acceptors (Lipinski definition) is 10. The third kappa shape index (κ3) is 8.81. The quantitative estimate of drug-likeness (QED) is 0.551. The van der Waals surface area contributed by atoms with E-state index in [1.807, 2.05) is 12.1 Å². The monoisotopic (exact) mass is 506 g/mol. The van der Waals surface area contributed by atoms with Crippen LogP contribution in [0.1, 0.15) is 11.1 Å². The Balaban J connectivity index is 1.58. The lowest BCUT2D eigenvalue weighted by molar-refractivity contribution is -0.116. The number of hydrogen-bond donors (Lipinski definition) is 0. The van der Waals surface area contributed by atoms with E-state index in [4.69, 9.17) is 37.9 Å². The lowest BCUT2D eigenvalue weighted by Gasteiger charge is -2.17. The fourth-order valence-electron chi connectivity index (χ4n) is 3.66. The van der Waals surface area contributed by atoms with Crippen molar-refractivity contribution in [2.45, 2.75) is 13.2 Å². The first-order chi connectivity index (χ1) is 17.6. The Hall–Kier alpha value is -2.60. The maximum absolute atomic E-state index is 12.6. The highest BCUT2D eigenvalue weighted by Crippen LogP contribution is 2.30. The number of fused-ring (bicyclic) bond motifs is 4. The molecular weight excluding hydrogens is 472 g/mol. The zero-order valence-electron chi connectivity index (χ0n) is 20.9. The Labute approximate surface area is 211 Å². The van der Waals surface area contributed by atoms with Gasteiger partial charge in [-0.1, -0.05) is 0 Å². The van der Waals surface area contributed by atoms with E-state index in [0.717, 1.165) is 11.1 Å². The lowest BCUT2D eigenvalue weighted by atomic mass is 9.97. The van der Waals surface area contributed by atoms with E-state index in [1.54, 1.807) is 14.2 Å². The molecule has 0 atom stereocenters. The van der Waals surface area contributed by atoms with Gasteiger partial charge in [-0.3, -0.25) is 9.59 Å². The number of Topliss-reactive ketones (excluding diaryl/α,β-unsaturated/α-hetero) is 1. The second kappa shape index (κ2) is 15.5. The number of carbonyl (C=O) groups is 2. The maximum atomic E-state index is 12.6. The second-order valence-corrected chi connectivity index (χ2v) is 7.98. The third-order valence-corrected chi connectivity index (χ3v) is 5.39. The van der Waals surface area contributed by atoms with Crippen molar-refractivity contribution in [1.29, 1.82) is 0 Å². The Bertz CT molecular complexity index is 872. The number of ether oxygens (including phenoxy) is 8. The van der Waals surface area contributed by atoms with Crippen LogP contribution < -0.4 is 9.47 Å². The number of rotatable bonds is 2. The largest absolute Gasteiger partial charge is 0.497 e. The highest BCUT2D eigenvalue weighted by atomic mass is 16.6. The van der Waals surface area contributed by atoms with Gasteiger partial charge in [-0.2, -0.15) is 0 Å². The summed E-state index contributed by atoms with van der Waals surface area (Å²) in [5.41, 5.74) is 2.29. The molecule has 2 aliphatic rings. The summed E-state index contributed by atoms with van der Waals surface area (Å²) in [7, 11) is 3.22. The molecule has 36 heavy (non-hydrogen) atoms. The van der Waals surface area contributed by atoms with Crippen LogP contribution in [0.4, 0.5) is 0 Å². The van der Waals surface area contributed by atoms with Gasteiger partial charge < -0.3 is 37.9 Å². The molecule has 3 rings (SSSR count). The van der Waals surface area contributed by atoms with Crippen LogP contribution >= 0.6 is 0 Å². The molecule has 0 spiro atoms. The van der Waals surface area contributed by atoms with Gasteiger partial charge in [-0.05, 0) is 24.3 Å². The van der Waals surface area contributed by atoms with Gasteiger partial charge in [0.2, 0.25) is 0 Å². The number of allylic oxidation sites excluding steroid dienone is 2. The van der Waals surface area contributed by atoms with Crippen molar-refractivity contribution >= 4 is 11.6 Å². The van der Waals surface area contributed by atoms with Gasteiger partial charge in [0.15, 0.2) is 11.6 Å². The van der Waals surface area contributed by atoms with E-state index in [1.165, 1.54) is 12.2 Å². The molecule has 1 aromatic carbocycles. The molecule has 198 valence electrons. The summed E-state index contributed by atoms with van der Waals surface area (Å²) in [6, 6.07) is 3.74. The van der Waals surface area contributed by atoms with Crippen molar-refractivity contribution < 1.29 is 47.5 Å². The van der Waals surface area contributed by atoms with Crippen molar-refractivity contribution in [3.8, 4) is 11.5 Å². The molecule has 0 fully saturated rings. The smallest absolute Gasteiger partial charge is 0.189 e. The van der Waals surface area contributed by atoms with E-state index in [0.29, 0.717) is 75.5 Å². The van der Waals surface area contributed by atoms with E-state index in [-0.39, 0.29) is 38.0 Å². The fraction of sp³-hybridized carbons (Fsp3) is 0.538. The van der Waals surface area contributed by atoms with Gasteiger partial charge in [0.1, 0.15) is 11.5 Å². The van der Waals surface area contributed by atoms with Crippen LogP contribution in [0.2, 0.25) is 0 Å². The summed E-state index contributed by atoms with van der Waals surface area (Å²) in [5, 5.41) is 0. The van der Waals surface area contributed by atoms with E-state index in [9.17, 15) is 9.59 Å². The first kappa shape index (κ1) is 28.0. The molecule has 10 heteroatoms. The van der Waals surface area contributed by atoms with E-state index in [2.05, 4.69) is 0 Å². The molecule has 0 unspecified atom stereocenters. The predicted molar refractivity (Wildman–Crippen MR) is 128 cm³/mol. The summed E-state index contributed by atoms with van der Waals surface area (Å²) >= 11 is 0. The van der Waals surface area contributed by atoms with Crippen LogP contribution in [0.25, 0.3) is 0 Å². The molecule has 1 aliphatic heterocycles. The molecule has 0 amide bonds. The minimum Gasteiger partial charge on any atom is -0.497 e. The van der Waals surface area contributed by atoms with Crippen LogP contribution in [-0.4, -0.2) is 91.9 Å². The van der Waals surface area contributed by atoms with Crippen molar-refractivity contribution in [2.24, 2.45) is 0 Å². The van der Waals surface area contributed by atoms with Crippen LogP contribution in [-0.2, 0) is 51.2 Å². The van der Waals surface area contributed by atoms with Gasteiger partial charge in [0, 0.05) is 22.3 Å². The molecule has 1 heterocycles. The van der Waals surface area contributed by atoms with Gasteiger partial charge in [0.25, 0.3) is 0 Å². The van der Waals surface area contributed by atoms with Gasteiger partial charge in [-0.15, -0.1) is 0 Å². The van der Waals surface area contributed by atoms with E-state index >= 15 is 0 Å². The normalized spacial score (nSPS) is 20.1. The molecule has 0 saturated carbocycles. The third-order valence-electron chi connectivity index (χ3n) is 5.39. The number of benzene rings is 1. The number of carbonyl (C=O) groups excluding carboxylic acids is 2. The maximum Gasteiger partial charge on any atom is 0.189 e. The molecule has 10 nitrogen and oxygen atoms in total. The molecule has 0 N–H and O–H groups in total. The fourth-order valence-corrected chi connectivity index (χ4v) is 3.66.